The zero-order valence-electron chi connectivity index (χ0n) is 13.2. The molecule has 0 amide bonds. The molecule has 21 heavy (non-hydrogen) atoms. The molecule has 0 aliphatic carbocycles. The van der Waals surface area contributed by atoms with Gasteiger partial charge < -0.3 is 4.74 Å². The van der Waals surface area contributed by atoms with Gasteiger partial charge in [-0.2, -0.15) is 0 Å². The van der Waals surface area contributed by atoms with Crippen LogP contribution in [0, 0.1) is 13.8 Å². The molecule has 0 radical (unpaired) electrons. The first-order valence-corrected chi connectivity index (χ1v) is 7.90. The van der Waals surface area contributed by atoms with Crippen LogP contribution in [0.1, 0.15) is 58.2 Å². The topological polar surface area (TPSA) is 39.2 Å². The Balaban J connectivity index is 2.18. The molecule has 0 aliphatic heterocycles. The molecular formula is C17H21NO2S. The number of thiazole rings is 1. The SMILES string of the molecule is CC(=O)c1sc(COc2cc(C)ccc2C(C)C)nc1C. The van der Waals surface area contributed by atoms with Crippen molar-refractivity contribution in [1.29, 1.82) is 0 Å². The van der Waals surface area contributed by atoms with Crippen molar-refractivity contribution < 1.29 is 9.53 Å². The van der Waals surface area contributed by atoms with Crippen LogP contribution in [-0.2, 0) is 6.61 Å². The second-order valence-corrected chi connectivity index (χ2v) is 6.65. The minimum atomic E-state index is 0.0645. The molecule has 1 heterocycles. The van der Waals surface area contributed by atoms with Crippen molar-refractivity contribution in [2.75, 3.05) is 0 Å². The normalized spacial score (nSPS) is 11.0. The zero-order valence-corrected chi connectivity index (χ0v) is 14.0. The number of nitrogens with zero attached hydrogens (tertiary/aromatic N) is 1. The Kier molecular flexibility index (Phi) is 4.78. The van der Waals surface area contributed by atoms with E-state index >= 15 is 0 Å². The standard InChI is InChI=1S/C17H21NO2S/c1-10(2)14-7-6-11(3)8-15(14)20-9-16-18-12(4)17(21-16)13(5)19/h6-8,10H,9H2,1-5H3. The summed E-state index contributed by atoms with van der Waals surface area (Å²) in [5.41, 5.74) is 3.16. The van der Waals surface area contributed by atoms with E-state index in [1.54, 1.807) is 6.92 Å². The molecule has 3 nitrogen and oxygen atoms in total. The minimum Gasteiger partial charge on any atom is -0.486 e. The van der Waals surface area contributed by atoms with Gasteiger partial charge in [0.25, 0.3) is 0 Å². The van der Waals surface area contributed by atoms with E-state index in [9.17, 15) is 4.79 Å². The molecule has 1 aromatic carbocycles. The zero-order chi connectivity index (χ0) is 15.6. The quantitative estimate of drug-likeness (QED) is 0.754. The number of carbonyl (C=O) groups is 1. The van der Waals surface area contributed by atoms with E-state index in [-0.39, 0.29) is 5.78 Å². The van der Waals surface area contributed by atoms with Crippen LogP contribution in [-0.4, -0.2) is 10.8 Å². The van der Waals surface area contributed by atoms with Gasteiger partial charge in [0, 0.05) is 6.92 Å². The van der Waals surface area contributed by atoms with Gasteiger partial charge in [0.2, 0.25) is 0 Å². The summed E-state index contributed by atoms with van der Waals surface area (Å²) in [6.45, 7) is 10.2. The highest BCUT2D eigenvalue weighted by atomic mass is 32.1. The second kappa shape index (κ2) is 6.39. The number of aromatic nitrogens is 1. The molecule has 1 aromatic heterocycles. The van der Waals surface area contributed by atoms with Crippen molar-refractivity contribution in [2.45, 2.75) is 47.1 Å². The lowest BCUT2D eigenvalue weighted by Gasteiger charge is -2.14. The van der Waals surface area contributed by atoms with Crippen molar-refractivity contribution in [3.63, 3.8) is 0 Å². The molecule has 2 aromatic rings. The average molecular weight is 303 g/mol. The van der Waals surface area contributed by atoms with E-state index in [1.165, 1.54) is 22.5 Å². The summed E-state index contributed by atoms with van der Waals surface area (Å²) in [4.78, 5) is 16.6. The predicted molar refractivity (Wildman–Crippen MR) is 86.5 cm³/mol. The molecule has 2 rings (SSSR count). The Hall–Kier alpha value is -1.68. The Morgan fingerprint density at radius 3 is 2.62 bits per heavy atom. The average Bonchev–Trinajstić information content (AvgIpc) is 2.77. The van der Waals surface area contributed by atoms with Crippen molar-refractivity contribution in [2.24, 2.45) is 0 Å². The Bertz CT molecular complexity index is 659. The summed E-state index contributed by atoms with van der Waals surface area (Å²) in [7, 11) is 0. The van der Waals surface area contributed by atoms with Gasteiger partial charge in [-0.25, -0.2) is 4.98 Å². The van der Waals surface area contributed by atoms with Gasteiger partial charge in [0.1, 0.15) is 17.4 Å². The highest BCUT2D eigenvalue weighted by Crippen LogP contribution is 2.29. The molecule has 4 heteroatoms. The number of ether oxygens (including phenoxy) is 1. The lowest BCUT2D eigenvalue weighted by Crippen LogP contribution is -2.00. The summed E-state index contributed by atoms with van der Waals surface area (Å²) >= 11 is 1.42. The van der Waals surface area contributed by atoms with Crippen LogP contribution < -0.4 is 4.74 Å². The lowest BCUT2D eigenvalue weighted by molar-refractivity contribution is 0.102. The Labute approximate surface area is 130 Å². The number of benzene rings is 1. The van der Waals surface area contributed by atoms with Crippen LogP contribution in [0.2, 0.25) is 0 Å². The number of Topliss-reactive ketones (excluding diaryl/α,β-unsaturated/α-hetero) is 1. The van der Waals surface area contributed by atoms with Crippen LogP contribution in [0.4, 0.5) is 0 Å². The largest absolute Gasteiger partial charge is 0.486 e. The van der Waals surface area contributed by atoms with E-state index in [4.69, 9.17) is 4.74 Å². The molecule has 0 spiro atoms. The van der Waals surface area contributed by atoms with Gasteiger partial charge in [-0.15, -0.1) is 11.3 Å². The molecule has 0 saturated heterocycles. The van der Waals surface area contributed by atoms with E-state index in [0.717, 1.165) is 21.3 Å². The predicted octanol–water partition coefficient (Wildman–Crippen LogP) is 4.66. The third-order valence-electron chi connectivity index (χ3n) is 3.30. The lowest BCUT2D eigenvalue weighted by atomic mass is 10.0. The number of carbonyl (C=O) groups excluding carboxylic acids is 1. The van der Waals surface area contributed by atoms with Gasteiger partial charge in [-0.05, 0) is 37.0 Å². The maximum Gasteiger partial charge on any atom is 0.171 e. The number of hydrogen-bond donors (Lipinski definition) is 0. The molecular weight excluding hydrogens is 282 g/mol. The maximum absolute atomic E-state index is 11.5. The molecule has 0 saturated carbocycles. The van der Waals surface area contributed by atoms with E-state index in [1.807, 2.05) is 6.92 Å². The Morgan fingerprint density at radius 1 is 1.33 bits per heavy atom. The Morgan fingerprint density at radius 2 is 2.05 bits per heavy atom. The first-order valence-electron chi connectivity index (χ1n) is 7.09. The van der Waals surface area contributed by atoms with Gasteiger partial charge in [0.15, 0.2) is 5.78 Å². The number of ketones is 1. The van der Waals surface area contributed by atoms with Crippen LogP contribution in [0.3, 0.4) is 0 Å². The molecule has 0 atom stereocenters. The third kappa shape index (κ3) is 3.70. The first-order chi connectivity index (χ1) is 9.88. The molecule has 0 aliphatic rings. The fraction of sp³-hybridized carbons (Fsp3) is 0.412. The van der Waals surface area contributed by atoms with E-state index in [0.29, 0.717) is 12.5 Å². The summed E-state index contributed by atoms with van der Waals surface area (Å²) in [5, 5.41) is 0.842. The van der Waals surface area contributed by atoms with Crippen LogP contribution in [0.25, 0.3) is 0 Å². The smallest absolute Gasteiger partial charge is 0.171 e. The van der Waals surface area contributed by atoms with Gasteiger partial charge in [-0.3, -0.25) is 4.79 Å². The second-order valence-electron chi connectivity index (χ2n) is 5.56. The van der Waals surface area contributed by atoms with E-state index in [2.05, 4.69) is 44.0 Å². The first kappa shape index (κ1) is 15.7. The van der Waals surface area contributed by atoms with Crippen molar-refractivity contribution in [3.8, 4) is 5.75 Å². The van der Waals surface area contributed by atoms with Gasteiger partial charge >= 0.3 is 0 Å². The van der Waals surface area contributed by atoms with Crippen molar-refractivity contribution >= 4 is 17.1 Å². The number of rotatable bonds is 5. The van der Waals surface area contributed by atoms with Crippen LogP contribution in [0.5, 0.6) is 5.75 Å². The molecule has 112 valence electrons. The summed E-state index contributed by atoms with van der Waals surface area (Å²) in [6, 6.07) is 6.27. The number of hydrogen-bond acceptors (Lipinski definition) is 4. The fourth-order valence-electron chi connectivity index (χ4n) is 2.22. The summed E-state index contributed by atoms with van der Waals surface area (Å²) < 4.78 is 5.95. The fourth-order valence-corrected chi connectivity index (χ4v) is 3.10. The van der Waals surface area contributed by atoms with Crippen molar-refractivity contribution in [3.05, 3.63) is 44.9 Å². The maximum atomic E-state index is 11.5. The van der Waals surface area contributed by atoms with Gasteiger partial charge in [-0.1, -0.05) is 26.0 Å². The van der Waals surface area contributed by atoms with Crippen LogP contribution in [0.15, 0.2) is 18.2 Å². The highest BCUT2D eigenvalue weighted by molar-refractivity contribution is 7.13. The summed E-state index contributed by atoms with van der Waals surface area (Å²) in [6.07, 6.45) is 0. The minimum absolute atomic E-state index is 0.0645. The van der Waals surface area contributed by atoms with Crippen molar-refractivity contribution in [1.82, 2.24) is 4.98 Å². The van der Waals surface area contributed by atoms with Crippen LogP contribution >= 0.6 is 11.3 Å². The highest BCUT2D eigenvalue weighted by Gasteiger charge is 2.13. The molecule has 0 N–H and O–H groups in total. The third-order valence-corrected chi connectivity index (χ3v) is 4.53. The molecule has 0 unspecified atom stereocenters. The summed E-state index contributed by atoms with van der Waals surface area (Å²) in [5.74, 6) is 1.38. The van der Waals surface area contributed by atoms with Gasteiger partial charge in [0.05, 0.1) is 10.6 Å². The monoisotopic (exact) mass is 303 g/mol. The number of aryl methyl sites for hydroxylation is 2. The molecule has 0 fully saturated rings. The molecule has 0 bridgehead atoms. The van der Waals surface area contributed by atoms with E-state index < -0.39 is 0 Å².